The number of nitrogens with zero attached hydrogens (tertiary/aromatic N) is 4. The lowest BCUT2D eigenvalue weighted by Gasteiger charge is -2.35. The summed E-state index contributed by atoms with van der Waals surface area (Å²) in [5.41, 5.74) is 1.07. The number of piperazine rings is 1. The molecule has 2 aliphatic rings. The van der Waals surface area contributed by atoms with E-state index in [4.69, 9.17) is 0 Å². The van der Waals surface area contributed by atoms with Crippen molar-refractivity contribution in [2.45, 2.75) is 19.8 Å². The fourth-order valence-electron chi connectivity index (χ4n) is 3.44. The van der Waals surface area contributed by atoms with Crippen molar-refractivity contribution in [3.05, 3.63) is 33.9 Å². The molecule has 0 spiro atoms. The molecule has 1 aromatic rings. The third-order valence-electron chi connectivity index (χ3n) is 4.88. The number of carbonyl (C=O) groups excluding carboxylic acids is 2. The van der Waals surface area contributed by atoms with E-state index in [1.165, 1.54) is 19.1 Å². The highest BCUT2D eigenvalue weighted by Gasteiger charge is 2.28. The van der Waals surface area contributed by atoms with Gasteiger partial charge in [0.1, 0.15) is 0 Å². The van der Waals surface area contributed by atoms with Crippen molar-refractivity contribution in [2.24, 2.45) is 0 Å². The van der Waals surface area contributed by atoms with E-state index in [-0.39, 0.29) is 17.5 Å². The Morgan fingerprint density at radius 1 is 1.00 bits per heavy atom. The lowest BCUT2D eigenvalue weighted by molar-refractivity contribution is -0.384. The second kappa shape index (κ2) is 7.08. The zero-order valence-electron chi connectivity index (χ0n) is 14.3. The predicted octanol–water partition coefficient (Wildman–Crippen LogP) is 1.50. The molecular weight excluding hydrogens is 324 g/mol. The van der Waals surface area contributed by atoms with Crippen molar-refractivity contribution in [1.82, 2.24) is 9.80 Å². The molecule has 0 atom stereocenters. The Balaban J connectivity index is 1.86. The second-order valence-electron chi connectivity index (χ2n) is 6.45. The summed E-state index contributed by atoms with van der Waals surface area (Å²) >= 11 is 0. The van der Waals surface area contributed by atoms with Gasteiger partial charge in [-0.1, -0.05) is 0 Å². The molecule has 0 N–H and O–H groups in total. The molecule has 2 heterocycles. The summed E-state index contributed by atoms with van der Waals surface area (Å²) in [5.74, 6) is -0.200. The number of non-ortho nitro benzene ring substituents is 1. The van der Waals surface area contributed by atoms with Gasteiger partial charge in [-0.3, -0.25) is 19.7 Å². The number of nitro benzene ring substituents is 1. The molecule has 0 saturated carbocycles. The third-order valence-corrected chi connectivity index (χ3v) is 4.88. The number of amides is 2. The van der Waals surface area contributed by atoms with Gasteiger partial charge in [-0.25, -0.2) is 0 Å². The van der Waals surface area contributed by atoms with Crippen LogP contribution >= 0.6 is 0 Å². The van der Waals surface area contributed by atoms with Gasteiger partial charge >= 0.3 is 0 Å². The molecular formula is C17H22N4O4. The molecule has 0 radical (unpaired) electrons. The number of nitro groups is 1. The van der Waals surface area contributed by atoms with Gasteiger partial charge in [-0.15, -0.1) is 0 Å². The summed E-state index contributed by atoms with van der Waals surface area (Å²) in [6.45, 7) is 5.11. The fourth-order valence-corrected chi connectivity index (χ4v) is 3.44. The molecule has 2 saturated heterocycles. The number of hydrogen-bond acceptors (Lipinski definition) is 5. The monoisotopic (exact) mass is 346 g/mol. The van der Waals surface area contributed by atoms with Gasteiger partial charge < -0.3 is 14.7 Å². The van der Waals surface area contributed by atoms with Crippen molar-refractivity contribution >= 4 is 23.2 Å². The van der Waals surface area contributed by atoms with Crippen LogP contribution in [0.3, 0.4) is 0 Å². The van der Waals surface area contributed by atoms with Crippen LogP contribution in [-0.4, -0.2) is 65.8 Å². The van der Waals surface area contributed by atoms with E-state index in [1.54, 1.807) is 15.9 Å². The zero-order valence-corrected chi connectivity index (χ0v) is 14.3. The highest BCUT2D eigenvalue weighted by Crippen LogP contribution is 2.29. The van der Waals surface area contributed by atoms with E-state index in [0.29, 0.717) is 31.7 Å². The SMILES string of the molecule is CC(=O)N1CCN(C(=O)c2cc([N+](=O)[O-])ccc2N2CCCC2)CC1. The van der Waals surface area contributed by atoms with E-state index in [9.17, 15) is 19.7 Å². The van der Waals surface area contributed by atoms with Crippen molar-refractivity contribution in [1.29, 1.82) is 0 Å². The summed E-state index contributed by atoms with van der Waals surface area (Å²) in [4.78, 5) is 40.6. The minimum Gasteiger partial charge on any atom is -0.371 e. The van der Waals surface area contributed by atoms with Crippen LogP contribution in [0.25, 0.3) is 0 Å². The molecule has 25 heavy (non-hydrogen) atoms. The summed E-state index contributed by atoms with van der Waals surface area (Å²) in [6.07, 6.45) is 2.11. The zero-order chi connectivity index (χ0) is 18.0. The van der Waals surface area contributed by atoms with Gasteiger partial charge in [-0.05, 0) is 18.9 Å². The van der Waals surface area contributed by atoms with Crippen molar-refractivity contribution in [3.8, 4) is 0 Å². The second-order valence-corrected chi connectivity index (χ2v) is 6.45. The molecule has 2 aliphatic heterocycles. The van der Waals surface area contributed by atoms with Crippen molar-refractivity contribution < 1.29 is 14.5 Å². The fraction of sp³-hybridized carbons (Fsp3) is 0.529. The molecule has 0 unspecified atom stereocenters. The summed E-state index contributed by atoms with van der Waals surface area (Å²) in [5, 5.41) is 11.1. The highest BCUT2D eigenvalue weighted by atomic mass is 16.6. The van der Waals surface area contributed by atoms with Crippen molar-refractivity contribution in [3.63, 3.8) is 0 Å². The van der Waals surface area contributed by atoms with E-state index >= 15 is 0 Å². The first-order valence-corrected chi connectivity index (χ1v) is 8.55. The lowest BCUT2D eigenvalue weighted by Crippen LogP contribution is -2.50. The minimum atomic E-state index is -0.474. The summed E-state index contributed by atoms with van der Waals surface area (Å²) < 4.78 is 0. The maximum atomic E-state index is 13.0. The Kier molecular flexibility index (Phi) is 4.87. The highest BCUT2D eigenvalue weighted by molar-refractivity contribution is 6.00. The van der Waals surface area contributed by atoms with Crippen LogP contribution in [-0.2, 0) is 4.79 Å². The van der Waals surface area contributed by atoms with E-state index in [2.05, 4.69) is 4.90 Å². The first-order valence-electron chi connectivity index (χ1n) is 8.55. The number of benzene rings is 1. The van der Waals surface area contributed by atoms with Gasteiger partial charge in [-0.2, -0.15) is 0 Å². The molecule has 2 amide bonds. The van der Waals surface area contributed by atoms with Crippen LogP contribution in [0.5, 0.6) is 0 Å². The van der Waals surface area contributed by atoms with E-state index < -0.39 is 4.92 Å². The number of anilines is 1. The Morgan fingerprint density at radius 2 is 1.60 bits per heavy atom. The average molecular weight is 346 g/mol. The number of hydrogen-bond donors (Lipinski definition) is 0. The molecule has 8 nitrogen and oxygen atoms in total. The molecule has 2 fully saturated rings. The third kappa shape index (κ3) is 3.57. The van der Waals surface area contributed by atoms with Gasteiger partial charge in [0.05, 0.1) is 16.2 Å². The van der Waals surface area contributed by atoms with E-state index in [1.807, 2.05) is 0 Å². The molecule has 8 heteroatoms. The van der Waals surface area contributed by atoms with E-state index in [0.717, 1.165) is 31.6 Å². The standard InChI is InChI=1S/C17H22N4O4/c1-13(22)18-8-10-20(11-9-18)17(23)15-12-14(21(24)25)4-5-16(15)19-6-2-3-7-19/h4-5,12H,2-3,6-11H2,1H3. The normalized spacial score (nSPS) is 17.7. The summed E-state index contributed by atoms with van der Waals surface area (Å²) in [7, 11) is 0. The van der Waals surface area contributed by atoms with Crippen molar-refractivity contribution in [2.75, 3.05) is 44.2 Å². The molecule has 0 bridgehead atoms. The van der Waals surface area contributed by atoms with Crippen LogP contribution in [0.15, 0.2) is 18.2 Å². The van der Waals surface area contributed by atoms with Gasteiger partial charge in [0.25, 0.3) is 11.6 Å². The maximum absolute atomic E-state index is 13.0. The Morgan fingerprint density at radius 3 is 2.16 bits per heavy atom. The maximum Gasteiger partial charge on any atom is 0.270 e. The number of rotatable bonds is 3. The van der Waals surface area contributed by atoms with Crippen LogP contribution in [0.2, 0.25) is 0 Å². The molecule has 0 aliphatic carbocycles. The lowest BCUT2D eigenvalue weighted by atomic mass is 10.1. The van der Waals surface area contributed by atoms with Crippen LogP contribution < -0.4 is 4.90 Å². The first-order chi connectivity index (χ1) is 12.0. The Hall–Kier alpha value is -2.64. The topological polar surface area (TPSA) is 87.0 Å². The van der Waals surface area contributed by atoms with Crippen LogP contribution in [0.1, 0.15) is 30.1 Å². The van der Waals surface area contributed by atoms with Gasteiger partial charge in [0.2, 0.25) is 5.91 Å². The first kappa shape index (κ1) is 17.2. The predicted molar refractivity (Wildman–Crippen MR) is 92.7 cm³/mol. The van der Waals surface area contributed by atoms with Crippen LogP contribution in [0, 0.1) is 10.1 Å². The minimum absolute atomic E-state index is 0.000189. The average Bonchev–Trinajstić information content (AvgIpc) is 3.15. The molecule has 0 aromatic heterocycles. The van der Waals surface area contributed by atoms with Crippen LogP contribution in [0.4, 0.5) is 11.4 Å². The Bertz CT molecular complexity index is 692. The number of carbonyl (C=O) groups is 2. The molecule has 3 rings (SSSR count). The van der Waals surface area contributed by atoms with Gasteiger partial charge in [0.15, 0.2) is 0 Å². The largest absolute Gasteiger partial charge is 0.371 e. The van der Waals surface area contributed by atoms with Gasteiger partial charge in [0, 0.05) is 58.3 Å². The Labute approximate surface area is 146 Å². The smallest absolute Gasteiger partial charge is 0.270 e. The quantitative estimate of drug-likeness (QED) is 0.611. The molecule has 134 valence electrons. The summed E-state index contributed by atoms with van der Waals surface area (Å²) in [6, 6.07) is 4.52. The molecule has 1 aromatic carbocycles.